The molecule has 1 aliphatic carbocycles. The summed E-state index contributed by atoms with van der Waals surface area (Å²) in [5.74, 6) is 0. The summed E-state index contributed by atoms with van der Waals surface area (Å²) in [6.07, 6.45) is 0. The lowest BCUT2D eigenvalue weighted by molar-refractivity contribution is 0.748. The Labute approximate surface area is 367 Å². The number of nitrogens with zero attached hydrogens (tertiary/aromatic N) is 2. The third kappa shape index (κ3) is 5.13. The Morgan fingerprint density at radius 2 is 0.873 bits per heavy atom. The molecular weight excluding hydrogens is 761 g/mol. The van der Waals surface area contributed by atoms with Crippen molar-refractivity contribution in [3.05, 3.63) is 265 Å². The van der Waals surface area contributed by atoms with Crippen LogP contribution in [0.15, 0.2) is 243 Å². The van der Waals surface area contributed by atoms with Crippen molar-refractivity contribution in [2.75, 3.05) is 4.90 Å². The molecule has 13 rings (SSSR count). The molecule has 294 valence electrons. The van der Waals surface area contributed by atoms with Gasteiger partial charge in [-0.3, -0.25) is 0 Å². The fourth-order valence-corrected chi connectivity index (χ4v) is 11.0. The zero-order valence-electron chi connectivity index (χ0n) is 34.5. The normalized spacial score (nSPS) is 14.4. The summed E-state index contributed by atoms with van der Waals surface area (Å²) in [6, 6.07) is 89.6. The maximum absolute atomic E-state index is 2.52. The number of hydrogen-bond donors (Lipinski definition) is 0. The minimum Gasteiger partial charge on any atom is -0.310 e. The van der Waals surface area contributed by atoms with E-state index in [4.69, 9.17) is 0 Å². The van der Waals surface area contributed by atoms with Gasteiger partial charge >= 0.3 is 0 Å². The summed E-state index contributed by atoms with van der Waals surface area (Å²) in [5.41, 5.74) is 21.4. The topological polar surface area (TPSA) is 8.17 Å². The van der Waals surface area contributed by atoms with Gasteiger partial charge in [0.2, 0.25) is 0 Å². The van der Waals surface area contributed by atoms with Crippen molar-refractivity contribution in [3.63, 3.8) is 0 Å². The predicted molar refractivity (Wildman–Crippen MR) is 263 cm³/mol. The van der Waals surface area contributed by atoms with E-state index in [0.29, 0.717) is 0 Å². The second-order valence-corrected chi connectivity index (χ2v) is 16.8. The van der Waals surface area contributed by atoms with Crippen LogP contribution in [0.2, 0.25) is 0 Å². The van der Waals surface area contributed by atoms with Gasteiger partial charge in [0.25, 0.3) is 0 Å². The summed E-state index contributed by atoms with van der Waals surface area (Å²) < 4.78 is 2.52. The largest absolute Gasteiger partial charge is 0.310 e. The number of hydrogen-bond acceptors (Lipinski definition) is 1. The first-order chi connectivity index (χ1) is 31.3. The van der Waals surface area contributed by atoms with E-state index >= 15 is 0 Å². The number of benzene rings is 10. The molecule has 0 amide bonds. The number of aromatic nitrogens is 1. The Bertz CT molecular complexity index is 3560. The zero-order valence-corrected chi connectivity index (χ0v) is 34.5. The van der Waals surface area contributed by atoms with Crippen LogP contribution in [0.25, 0.3) is 72.0 Å². The first-order valence-corrected chi connectivity index (χ1v) is 21.9. The smallest absolute Gasteiger partial charge is 0.0755 e. The van der Waals surface area contributed by atoms with Gasteiger partial charge in [-0.1, -0.05) is 200 Å². The first kappa shape index (κ1) is 35.5. The van der Waals surface area contributed by atoms with Gasteiger partial charge in [-0.25, -0.2) is 0 Å². The standard InChI is InChI=1S/C61H40N2/c1-3-18-41(19-4-1)42-34-36-44(37-35-42)62(57-31-14-10-25-50(57)47-23-8-7-22-46(47)43-20-5-2-6-21-43)45-38-39-49-48-24-9-12-28-53(48)61(56(49)40-45)54-29-13-16-33-59(54)63-58-32-15-11-26-51(58)52-27-17-30-55(61)60(52)63/h1-40H. The molecule has 1 unspecified atom stereocenters. The van der Waals surface area contributed by atoms with E-state index in [9.17, 15) is 0 Å². The highest BCUT2D eigenvalue weighted by molar-refractivity contribution is 6.13. The van der Waals surface area contributed by atoms with Gasteiger partial charge < -0.3 is 9.47 Å². The van der Waals surface area contributed by atoms with Crippen molar-refractivity contribution in [1.82, 2.24) is 4.57 Å². The average Bonchev–Trinajstić information content (AvgIpc) is 3.85. The molecule has 63 heavy (non-hydrogen) atoms. The van der Waals surface area contributed by atoms with Crippen LogP contribution < -0.4 is 4.90 Å². The third-order valence-electron chi connectivity index (χ3n) is 13.6. The predicted octanol–water partition coefficient (Wildman–Crippen LogP) is 15.9. The van der Waals surface area contributed by atoms with Crippen molar-refractivity contribution >= 4 is 38.9 Å². The summed E-state index contributed by atoms with van der Waals surface area (Å²) in [4.78, 5) is 2.48. The van der Waals surface area contributed by atoms with Gasteiger partial charge in [-0.2, -0.15) is 0 Å². The molecule has 1 aliphatic heterocycles. The van der Waals surface area contributed by atoms with Crippen molar-refractivity contribution in [3.8, 4) is 50.2 Å². The van der Waals surface area contributed by atoms with Gasteiger partial charge in [-0.15, -0.1) is 0 Å². The number of rotatable bonds is 6. The van der Waals surface area contributed by atoms with E-state index in [2.05, 4.69) is 252 Å². The van der Waals surface area contributed by atoms with Gasteiger partial charge in [0.1, 0.15) is 0 Å². The zero-order chi connectivity index (χ0) is 41.5. The SMILES string of the molecule is c1ccc(-c2ccc(N(c3ccc4c(c3)C3(c5ccccc5-4)c4ccccc4-n4c5ccccc5c5cccc3c54)c3ccccc3-c3ccccc3-c3ccccc3)cc2)cc1. The van der Waals surface area contributed by atoms with Gasteiger partial charge in [0, 0.05) is 27.7 Å². The summed E-state index contributed by atoms with van der Waals surface area (Å²) >= 11 is 0. The highest BCUT2D eigenvalue weighted by Crippen LogP contribution is 2.62. The Morgan fingerprint density at radius 1 is 0.317 bits per heavy atom. The molecule has 0 N–H and O–H groups in total. The van der Waals surface area contributed by atoms with Gasteiger partial charge in [0.15, 0.2) is 0 Å². The van der Waals surface area contributed by atoms with E-state index in [1.54, 1.807) is 0 Å². The van der Waals surface area contributed by atoms with Crippen LogP contribution in [0, 0.1) is 0 Å². The number of anilines is 3. The minimum atomic E-state index is -0.565. The van der Waals surface area contributed by atoms with Crippen molar-refractivity contribution < 1.29 is 0 Å². The molecule has 0 saturated carbocycles. The van der Waals surface area contributed by atoms with E-state index in [1.807, 2.05) is 0 Å². The Kier molecular flexibility index (Phi) is 7.85. The maximum Gasteiger partial charge on any atom is 0.0755 e. The van der Waals surface area contributed by atoms with Crippen LogP contribution in [0.4, 0.5) is 17.1 Å². The van der Waals surface area contributed by atoms with Crippen molar-refractivity contribution in [2.24, 2.45) is 0 Å². The minimum absolute atomic E-state index is 0.565. The van der Waals surface area contributed by atoms with Gasteiger partial charge in [-0.05, 0) is 104 Å². The summed E-state index contributed by atoms with van der Waals surface area (Å²) in [7, 11) is 0. The molecule has 11 aromatic rings. The van der Waals surface area contributed by atoms with E-state index < -0.39 is 5.41 Å². The Hall–Kier alpha value is -8.20. The fourth-order valence-electron chi connectivity index (χ4n) is 11.0. The lowest BCUT2D eigenvalue weighted by Gasteiger charge is -2.40. The molecule has 0 radical (unpaired) electrons. The Balaban J connectivity index is 1.10. The average molecular weight is 801 g/mol. The summed E-state index contributed by atoms with van der Waals surface area (Å²) in [6.45, 7) is 0. The Morgan fingerprint density at radius 3 is 1.68 bits per heavy atom. The lowest BCUT2D eigenvalue weighted by Crippen LogP contribution is -2.33. The molecule has 0 saturated heterocycles. The third-order valence-corrected chi connectivity index (χ3v) is 13.6. The van der Waals surface area contributed by atoms with Gasteiger partial charge in [0.05, 0.1) is 27.8 Å². The highest BCUT2D eigenvalue weighted by atomic mass is 15.1. The second-order valence-electron chi connectivity index (χ2n) is 16.8. The van der Waals surface area contributed by atoms with Crippen LogP contribution in [0.1, 0.15) is 22.3 Å². The maximum atomic E-state index is 2.52. The molecule has 1 spiro atoms. The molecule has 0 fully saturated rings. The fraction of sp³-hybridized carbons (Fsp3) is 0.0164. The number of para-hydroxylation sites is 4. The molecule has 2 heterocycles. The molecule has 2 heteroatoms. The molecule has 1 atom stereocenters. The lowest BCUT2D eigenvalue weighted by atomic mass is 9.65. The van der Waals surface area contributed by atoms with E-state index in [-0.39, 0.29) is 0 Å². The monoisotopic (exact) mass is 800 g/mol. The first-order valence-electron chi connectivity index (χ1n) is 21.9. The molecule has 1 aromatic heterocycles. The van der Waals surface area contributed by atoms with Crippen LogP contribution in [-0.2, 0) is 5.41 Å². The molecule has 2 aliphatic rings. The van der Waals surface area contributed by atoms with Crippen molar-refractivity contribution in [1.29, 1.82) is 0 Å². The highest BCUT2D eigenvalue weighted by Gasteiger charge is 2.51. The van der Waals surface area contributed by atoms with Crippen LogP contribution in [0.5, 0.6) is 0 Å². The number of fused-ring (bicyclic) bond motifs is 12. The van der Waals surface area contributed by atoms with Crippen LogP contribution in [0.3, 0.4) is 0 Å². The molecule has 2 nitrogen and oxygen atoms in total. The van der Waals surface area contributed by atoms with E-state index in [0.717, 1.165) is 17.1 Å². The molecular formula is C61H40N2. The second kappa shape index (κ2) is 13.9. The molecule has 0 bridgehead atoms. The van der Waals surface area contributed by atoms with Crippen LogP contribution >= 0.6 is 0 Å². The summed E-state index contributed by atoms with van der Waals surface area (Å²) in [5, 5.41) is 2.56. The van der Waals surface area contributed by atoms with E-state index in [1.165, 1.54) is 94.3 Å². The molecule has 10 aromatic carbocycles. The van der Waals surface area contributed by atoms with Crippen LogP contribution in [-0.4, -0.2) is 4.57 Å². The van der Waals surface area contributed by atoms with Crippen molar-refractivity contribution in [2.45, 2.75) is 5.41 Å². The quantitative estimate of drug-likeness (QED) is 0.163.